The molecule has 0 saturated carbocycles. The van der Waals surface area contributed by atoms with Crippen molar-refractivity contribution in [3.05, 3.63) is 54.0 Å². The van der Waals surface area contributed by atoms with Crippen molar-refractivity contribution in [3.8, 4) is 17.3 Å². The Morgan fingerprint density at radius 2 is 2.00 bits per heavy atom. The van der Waals surface area contributed by atoms with Crippen molar-refractivity contribution in [1.82, 2.24) is 24.5 Å². The standard InChI is InChI=1S/C24H24F4N6O2/c1-13(12-35)36-19-9-16(25)8-14-2-4-18(30-21(14)19)23-32-31-20-5-3-15(10-34(20)23)22(24(26,27)28)33-7-6-17(29)11-33/h2-5,8-10,13,17,22,35H,6-7,11-12,29H2,1H3/t13-,17-,22-/m1/s1. The first-order valence-electron chi connectivity index (χ1n) is 11.4. The lowest BCUT2D eigenvalue weighted by Crippen LogP contribution is -2.38. The highest BCUT2D eigenvalue weighted by Crippen LogP contribution is 2.39. The Bertz CT molecular complexity index is 1410. The van der Waals surface area contributed by atoms with E-state index in [-0.39, 0.29) is 42.9 Å². The molecular formula is C24H24F4N6O2. The quantitative estimate of drug-likeness (QED) is 0.388. The molecule has 1 aliphatic heterocycles. The molecular weight excluding hydrogens is 480 g/mol. The van der Waals surface area contributed by atoms with Crippen LogP contribution in [0.3, 0.4) is 0 Å². The number of pyridine rings is 2. The first-order valence-corrected chi connectivity index (χ1v) is 11.4. The van der Waals surface area contributed by atoms with E-state index in [0.29, 0.717) is 28.7 Å². The summed E-state index contributed by atoms with van der Waals surface area (Å²) in [7, 11) is 0. The van der Waals surface area contributed by atoms with E-state index in [2.05, 4.69) is 15.2 Å². The second-order valence-electron chi connectivity index (χ2n) is 8.99. The van der Waals surface area contributed by atoms with E-state index in [4.69, 9.17) is 10.5 Å². The first-order chi connectivity index (χ1) is 17.1. The van der Waals surface area contributed by atoms with Crippen LogP contribution < -0.4 is 10.5 Å². The van der Waals surface area contributed by atoms with Crippen LogP contribution in [0.4, 0.5) is 17.6 Å². The second-order valence-corrected chi connectivity index (χ2v) is 8.99. The zero-order valence-electron chi connectivity index (χ0n) is 19.3. The summed E-state index contributed by atoms with van der Waals surface area (Å²) >= 11 is 0. The molecule has 190 valence electrons. The van der Waals surface area contributed by atoms with Crippen LogP contribution in [-0.2, 0) is 0 Å². The molecule has 3 atom stereocenters. The van der Waals surface area contributed by atoms with Crippen LogP contribution in [0.1, 0.15) is 24.9 Å². The van der Waals surface area contributed by atoms with Crippen molar-refractivity contribution in [2.75, 3.05) is 19.7 Å². The minimum Gasteiger partial charge on any atom is -0.486 e. The van der Waals surface area contributed by atoms with E-state index < -0.39 is 24.1 Å². The molecule has 4 aromatic rings. The van der Waals surface area contributed by atoms with E-state index in [1.807, 2.05) is 0 Å². The van der Waals surface area contributed by atoms with Gasteiger partial charge in [-0.15, -0.1) is 10.2 Å². The summed E-state index contributed by atoms with van der Waals surface area (Å²) in [5, 5.41) is 18.0. The van der Waals surface area contributed by atoms with E-state index in [9.17, 15) is 22.7 Å². The minimum atomic E-state index is -4.51. The molecule has 0 aliphatic carbocycles. The summed E-state index contributed by atoms with van der Waals surface area (Å²) in [5.74, 6) is -0.182. The number of aromatic nitrogens is 4. The summed E-state index contributed by atoms with van der Waals surface area (Å²) < 4.78 is 63.6. The number of nitrogens with two attached hydrogens (primary N) is 1. The summed E-state index contributed by atoms with van der Waals surface area (Å²) in [6, 6.07) is 6.41. The van der Waals surface area contributed by atoms with Crippen molar-refractivity contribution in [2.45, 2.75) is 37.7 Å². The monoisotopic (exact) mass is 504 g/mol. The highest BCUT2D eigenvalue weighted by Gasteiger charge is 2.46. The van der Waals surface area contributed by atoms with E-state index >= 15 is 0 Å². The highest BCUT2D eigenvalue weighted by atomic mass is 19.4. The third kappa shape index (κ3) is 4.59. The third-order valence-corrected chi connectivity index (χ3v) is 6.21. The van der Waals surface area contributed by atoms with Gasteiger partial charge >= 0.3 is 6.18 Å². The Kier molecular flexibility index (Phi) is 6.27. The smallest absolute Gasteiger partial charge is 0.408 e. The number of aliphatic hydroxyl groups is 1. The van der Waals surface area contributed by atoms with Gasteiger partial charge < -0.3 is 15.6 Å². The molecule has 1 aliphatic rings. The van der Waals surface area contributed by atoms with E-state index in [1.165, 1.54) is 39.8 Å². The van der Waals surface area contributed by atoms with Gasteiger partial charge in [0.05, 0.1) is 6.61 Å². The molecule has 5 rings (SSSR count). The van der Waals surface area contributed by atoms with Crippen molar-refractivity contribution in [3.63, 3.8) is 0 Å². The normalized spacial score (nSPS) is 18.7. The minimum absolute atomic E-state index is 0.0359. The number of rotatable bonds is 6. The summed E-state index contributed by atoms with van der Waals surface area (Å²) in [5.41, 5.74) is 6.89. The maximum Gasteiger partial charge on any atom is 0.408 e. The van der Waals surface area contributed by atoms with Gasteiger partial charge in [0.15, 0.2) is 11.5 Å². The molecule has 0 amide bonds. The lowest BCUT2D eigenvalue weighted by molar-refractivity contribution is -0.183. The SMILES string of the molecule is C[C@H](CO)Oc1cc(F)cc2ccc(-c3nnc4ccc([C@@H](N5CC[C@@H](N)C5)C(F)(F)F)cn34)nc12. The molecule has 36 heavy (non-hydrogen) atoms. The Morgan fingerprint density at radius 1 is 1.19 bits per heavy atom. The van der Waals surface area contributed by atoms with Crippen molar-refractivity contribution in [1.29, 1.82) is 0 Å². The van der Waals surface area contributed by atoms with Crippen LogP contribution in [0, 0.1) is 5.82 Å². The van der Waals surface area contributed by atoms with Gasteiger partial charge in [0, 0.05) is 36.8 Å². The van der Waals surface area contributed by atoms with Gasteiger partial charge in [-0.1, -0.05) is 12.1 Å². The average Bonchev–Trinajstić information content (AvgIpc) is 3.44. The number of fused-ring (bicyclic) bond motifs is 2. The maximum absolute atomic E-state index is 14.1. The summed E-state index contributed by atoms with van der Waals surface area (Å²) in [6.07, 6.45) is -3.25. The predicted molar refractivity (Wildman–Crippen MR) is 124 cm³/mol. The summed E-state index contributed by atoms with van der Waals surface area (Å²) in [4.78, 5) is 5.90. The molecule has 3 N–H and O–H groups in total. The van der Waals surface area contributed by atoms with Crippen LogP contribution in [-0.4, -0.2) is 67.6 Å². The van der Waals surface area contributed by atoms with Crippen LogP contribution in [0.2, 0.25) is 0 Å². The lowest BCUT2D eigenvalue weighted by Gasteiger charge is -2.30. The number of ether oxygens (including phenoxy) is 1. The van der Waals surface area contributed by atoms with Crippen molar-refractivity contribution >= 4 is 16.6 Å². The number of halogens is 4. The fourth-order valence-corrected chi connectivity index (χ4v) is 4.54. The Labute approximate surface area is 203 Å². The second kappa shape index (κ2) is 9.26. The molecule has 3 aromatic heterocycles. The van der Waals surface area contributed by atoms with Crippen molar-refractivity contribution < 1.29 is 27.4 Å². The van der Waals surface area contributed by atoms with Crippen LogP contribution in [0.5, 0.6) is 5.75 Å². The molecule has 0 spiro atoms. The number of nitrogens with zero attached hydrogens (tertiary/aromatic N) is 5. The number of hydrogen-bond acceptors (Lipinski definition) is 7. The Hall–Kier alpha value is -3.35. The van der Waals surface area contributed by atoms with Crippen molar-refractivity contribution in [2.24, 2.45) is 5.73 Å². The van der Waals surface area contributed by atoms with Gasteiger partial charge in [-0.2, -0.15) is 13.2 Å². The predicted octanol–water partition coefficient (Wildman–Crippen LogP) is 3.48. The topological polar surface area (TPSA) is 102 Å². The van der Waals surface area contributed by atoms with Gasteiger partial charge in [0.25, 0.3) is 0 Å². The van der Waals surface area contributed by atoms with Gasteiger partial charge in [-0.05, 0) is 37.1 Å². The molecule has 0 unspecified atom stereocenters. The largest absolute Gasteiger partial charge is 0.486 e. The Morgan fingerprint density at radius 3 is 2.69 bits per heavy atom. The molecule has 8 nitrogen and oxygen atoms in total. The number of alkyl halides is 3. The highest BCUT2D eigenvalue weighted by molar-refractivity contribution is 5.86. The third-order valence-electron chi connectivity index (χ3n) is 6.21. The number of benzene rings is 1. The van der Waals surface area contributed by atoms with Crippen LogP contribution in [0.25, 0.3) is 28.1 Å². The van der Waals surface area contributed by atoms with Gasteiger partial charge in [0.1, 0.15) is 34.9 Å². The fourth-order valence-electron chi connectivity index (χ4n) is 4.54. The number of aliphatic hydroxyl groups excluding tert-OH is 1. The van der Waals surface area contributed by atoms with Crippen LogP contribution in [0.15, 0.2) is 42.6 Å². The van der Waals surface area contributed by atoms with Gasteiger partial charge in [0.2, 0.25) is 0 Å². The molecule has 12 heteroatoms. The molecule has 0 bridgehead atoms. The average molecular weight is 504 g/mol. The molecule has 1 saturated heterocycles. The van der Waals surface area contributed by atoms with Gasteiger partial charge in [-0.25, -0.2) is 9.37 Å². The molecule has 1 fully saturated rings. The first kappa shape index (κ1) is 24.3. The maximum atomic E-state index is 14.1. The van der Waals surface area contributed by atoms with Gasteiger partial charge in [-0.3, -0.25) is 9.30 Å². The van der Waals surface area contributed by atoms with E-state index in [0.717, 1.165) is 0 Å². The molecule has 4 heterocycles. The lowest BCUT2D eigenvalue weighted by atomic mass is 10.1. The fraction of sp³-hybridized carbons (Fsp3) is 0.375. The molecule has 1 aromatic carbocycles. The zero-order valence-corrected chi connectivity index (χ0v) is 19.3. The van der Waals surface area contributed by atoms with Crippen LogP contribution >= 0.6 is 0 Å². The number of likely N-dealkylation sites (tertiary alicyclic amines) is 1. The zero-order chi connectivity index (χ0) is 25.6. The molecule has 0 radical (unpaired) electrons. The van der Waals surface area contributed by atoms with E-state index in [1.54, 1.807) is 19.1 Å². The summed E-state index contributed by atoms with van der Waals surface area (Å²) in [6.45, 7) is 1.74. The Balaban J connectivity index is 1.60. The number of hydrogen-bond donors (Lipinski definition) is 2.